The maximum absolute atomic E-state index is 12.6. The first-order chi connectivity index (χ1) is 9.52. The van der Waals surface area contributed by atoms with Gasteiger partial charge in [0.05, 0.1) is 18.8 Å². The number of alkyl halides is 3. The second-order valence-corrected chi connectivity index (χ2v) is 5.75. The SMILES string of the molecule is FC(F)(F)c1cccc(COCC2CC3C=CC2C3)c1. The Kier molecular flexibility index (Phi) is 3.59. The molecule has 1 fully saturated rings. The second-order valence-electron chi connectivity index (χ2n) is 5.75. The van der Waals surface area contributed by atoms with E-state index in [1.165, 1.54) is 18.6 Å². The van der Waals surface area contributed by atoms with Gasteiger partial charge in [-0.2, -0.15) is 13.2 Å². The molecule has 3 unspecified atom stereocenters. The van der Waals surface area contributed by atoms with Gasteiger partial charge in [0, 0.05) is 0 Å². The maximum atomic E-state index is 12.6. The average molecular weight is 282 g/mol. The summed E-state index contributed by atoms with van der Waals surface area (Å²) < 4.78 is 43.4. The number of rotatable bonds is 4. The van der Waals surface area contributed by atoms with Crippen LogP contribution in [0.5, 0.6) is 0 Å². The number of hydrogen-bond donors (Lipinski definition) is 0. The van der Waals surface area contributed by atoms with Gasteiger partial charge in [-0.3, -0.25) is 0 Å². The molecule has 0 heterocycles. The fourth-order valence-corrected chi connectivity index (χ4v) is 3.25. The van der Waals surface area contributed by atoms with Gasteiger partial charge >= 0.3 is 6.18 Å². The minimum absolute atomic E-state index is 0.252. The molecular weight excluding hydrogens is 265 g/mol. The van der Waals surface area contributed by atoms with Crippen LogP contribution < -0.4 is 0 Å². The van der Waals surface area contributed by atoms with Gasteiger partial charge in [0.2, 0.25) is 0 Å². The summed E-state index contributed by atoms with van der Waals surface area (Å²) >= 11 is 0. The Morgan fingerprint density at radius 3 is 2.65 bits per heavy atom. The lowest BCUT2D eigenvalue weighted by Crippen LogP contribution is -2.14. The molecule has 3 atom stereocenters. The Morgan fingerprint density at radius 2 is 2.00 bits per heavy atom. The Labute approximate surface area is 116 Å². The van der Waals surface area contributed by atoms with Crippen LogP contribution in [0.15, 0.2) is 36.4 Å². The molecule has 0 saturated heterocycles. The van der Waals surface area contributed by atoms with Gasteiger partial charge in [-0.1, -0.05) is 24.3 Å². The van der Waals surface area contributed by atoms with Crippen LogP contribution in [0.2, 0.25) is 0 Å². The molecule has 20 heavy (non-hydrogen) atoms. The van der Waals surface area contributed by atoms with Crippen molar-refractivity contribution >= 4 is 0 Å². The van der Waals surface area contributed by atoms with Crippen LogP contribution in [0.4, 0.5) is 13.2 Å². The minimum atomic E-state index is -4.29. The Balaban J connectivity index is 1.53. The largest absolute Gasteiger partial charge is 0.416 e. The van der Waals surface area contributed by atoms with E-state index >= 15 is 0 Å². The van der Waals surface area contributed by atoms with Gasteiger partial charge in [-0.05, 0) is 48.3 Å². The third-order valence-corrected chi connectivity index (χ3v) is 4.27. The lowest BCUT2D eigenvalue weighted by Gasteiger charge is -2.18. The standard InChI is InChI=1S/C16H17F3O/c17-16(18,19)15-3-1-2-12(8-15)9-20-10-14-7-11-4-5-13(14)6-11/h1-5,8,11,13-14H,6-7,9-10H2. The van der Waals surface area contributed by atoms with Gasteiger partial charge in [0.25, 0.3) is 0 Å². The lowest BCUT2D eigenvalue weighted by molar-refractivity contribution is -0.137. The van der Waals surface area contributed by atoms with Crippen molar-refractivity contribution in [3.63, 3.8) is 0 Å². The van der Waals surface area contributed by atoms with Crippen LogP contribution in [-0.2, 0) is 17.5 Å². The molecule has 108 valence electrons. The summed E-state index contributed by atoms with van der Waals surface area (Å²) in [5.74, 6) is 1.85. The first-order valence-corrected chi connectivity index (χ1v) is 6.94. The zero-order valence-electron chi connectivity index (χ0n) is 11.1. The summed E-state index contributed by atoms with van der Waals surface area (Å²) in [6.07, 6.45) is 2.62. The first-order valence-electron chi connectivity index (χ1n) is 6.94. The summed E-state index contributed by atoms with van der Waals surface area (Å²) in [4.78, 5) is 0. The highest BCUT2D eigenvalue weighted by Crippen LogP contribution is 2.43. The van der Waals surface area contributed by atoms with Gasteiger partial charge in [0.15, 0.2) is 0 Å². The zero-order chi connectivity index (χ0) is 14.2. The van der Waals surface area contributed by atoms with Crippen LogP contribution in [0.1, 0.15) is 24.0 Å². The third-order valence-electron chi connectivity index (χ3n) is 4.27. The molecule has 0 amide bonds. The molecule has 2 aliphatic rings. The van der Waals surface area contributed by atoms with E-state index in [4.69, 9.17) is 4.74 Å². The van der Waals surface area contributed by atoms with E-state index < -0.39 is 11.7 Å². The predicted molar refractivity (Wildman–Crippen MR) is 69.9 cm³/mol. The van der Waals surface area contributed by atoms with Crippen molar-refractivity contribution in [1.82, 2.24) is 0 Å². The Morgan fingerprint density at radius 1 is 1.15 bits per heavy atom. The molecule has 2 aliphatic carbocycles. The van der Waals surface area contributed by atoms with Crippen molar-refractivity contribution in [2.24, 2.45) is 17.8 Å². The topological polar surface area (TPSA) is 9.23 Å². The molecular formula is C16H17F3O. The van der Waals surface area contributed by atoms with Crippen molar-refractivity contribution in [1.29, 1.82) is 0 Å². The third kappa shape index (κ3) is 2.90. The number of fused-ring (bicyclic) bond motifs is 2. The highest BCUT2D eigenvalue weighted by molar-refractivity contribution is 5.25. The van der Waals surface area contributed by atoms with Crippen molar-refractivity contribution in [2.45, 2.75) is 25.6 Å². The lowest BCUT2D eigenvalue weighted by atomic mass is 9.95. The molecule has 0 spiro atoms. The first kappa shape index (κ1) is 13.7. The summed E-state index contributed by atoms with van der Waals surface area (Å²) in [5, 5.41) is 0. The van der Waals surface area contributed by atoms with Crippen LogP contribution >= 0.6 is 0 Å². The van der Waals surface area contributed by atoms with E-state index in [0.717, 1.165) is 12.5 Å². The van der Waals surface area contributed by atoms with Gasteiger partial charge in [-0.25, -0.2) is 0 Å². The fraction of sp³-hybridized carbons (Fsp3) is 0.500. The molecule has 1 nitrogen and oxygen atoms in total. The number of hydrogen-bond acceptors (Lipinski definition) is 1. The monoisotopic (exact) mass is 282 g/mol. The summed E-state index contributed by atoms with van der Waals surface area (Å²) in [7, 11) is 0. The minimum Gasteiger partial charge on any atom is -0.376 e. The number of halogens is 3. The molecule has 2 bridgehead atoms. The smallest absolute Gasteiger partial charge is 0.376 e. The number of ether oxygens (including phenoxy) is 1. The van der Waals surface area contributed by atoms with Crippen molar-refractivity contribution in [3.05, 3.63) is 47.5 Å². The van der Waals surface area contributed by atoms with Crippen LogP contribution in [0.3, 0.4) is 0 Å². The fourth-order valence-electron chi connectivity index (χ4n) is 3.25. The van der Waals surface area contributed by atoms with E-state index in [-0.39, 0.29) is 6.61 Å². The van der Waals surface area contributed by atoms with E-state index in [1.54, 1.807) is 6.07 Å². The highest BCUT2D eigenvalue weighted by atomic mass is 19.4. The molecule has 4 heteroatoms. The molecule has 0 aromatic heterocycles. The van der Waals surface area contributed by atoms with E-state index in [9.17, 15) is 13.2 Å². The Hall–Kier alpha value is -1.29. The van der Waals surface area contributed by atoms with E-state index in [0.29, 0.717) is 29.9 Å². The quantitative estimate of drug-likeness (QED) is 0.742. The molecule has 1 saturated carbocycles. The summed E-state index contributed by atoms with van der Waals surface area (Å²) in [6, 6.07) is 5.36. The van der Waals surface area contributed by atoms with Gasteiger partial charge in [0.1, 0.15) is 0 Å². The molecule has 1 aromatic carbocycles. The van der Waals surface area contributed by atoms with Crippen LogP contribution in [0, 0.1) is 17.8 Å². The second kappa shape index (κ2) is 5.24. The molecule has 0 N–H and O–H groups in total. The zero-order valence-corrected chi connectivity index (χ0v) is 11.1. The van der Waals surface area contributed by atoms with Crippen LogP contribution in [-0.4, -0.2) is 6.61 Å². The van der Waals surface area contributed by atoms with Crippen molar-refractivity contribution in [2.75, 3.05) is 6.61 Å². The molecule has 0 radical (unpaired) electrons. The van der Waals surface area contributed by atoms with Gasteiger partial charge < -0.3 is 4.74 Å². The number of benzene rings is 1. The molecule has 0 aliphatic heterocycles. The van der Waals surface area contributed by atoms with Crippen molar-refractivity contribution < 1.29 is 17.9 Å². The molecule has 1 aromatic rings. The molecule has 3 rings (SSSR count). The summed E-state index contributed by atoms with van der Waals surface area (Å²) in [6.45, 7) is 0.892. The highest BCUT2D eigenvalue weighted by Gasteiger charge is 2.35. The number of allylic oxidation sites excluding steroid dienone is 2. The van der Waals surface area contributed by atoms with Gasteiger partial charge in [-0.15, -0.1) is 0 Å². The van der Waals surface area contributed by atoms with E-state index in [1.807, 2.05) is 0 Å². The van der Waals surface area contributed by atoms with Crippen molar-refractivity contribution in [3.8, 4) is 0 Å². The predicted octanol–water partition coefficient (Wildman–Crippen LogP) is 4.43. The normalized spacial score (nSPS) is 28.2. The summed E-state index contributed by atoms with van der Waals surface area (Å²) in [5.41, 5.74) is -0.0278. The average Bonchev–Trinajstić information content (AvgIpc) is 3.00. The maximum Gasteiger partial charge on any atom is 0.416 e. The van der Waals surface area contributed by atoms with Crippen LogP contribution in [0.25, 0.3) is 0 Å². The van der Waals surface area contributed by atoms with E-state index in [2.05, 4.69) is 12.2 Å². The Bertz CT molecular complexity index is 507.